The first-order valence-electron chi connectivity index (χ1n) is 13.5. The number of urea groups is 1. The zero-order valence-electron chi connectivity index (χ0n) is 21.6. The highest BCUT2D eigenvalue weighted by atomic mass is 16.5. The highest BCUT2D eigenvalue weighted by molar-refractivity contribution is 6.10. The predicted molar refractivity (Wildman–Crippen MR) is 140 cm³/mol. The van der Waals surface area contributed by atoms with E-state index in [2.05, 4.69) is 34.3 Å². The second-order valence-corrected chi connectivity index (χ2v) is 11.0. The van der Waals surface area contributed by atoms with Crippen LogP contribution in [0.15, 0.2) is 34.3 Å². The molecule has 2 N–H and O–H groups in total. The Labute approximate surface area is 213 Å². The lowest BCUT2D eigenvalue weighted by Gasteiger charge is -2.57. The number of carbonyl (C=O) groups is 1. The lowest BCUT2D eigenvalue weighted by molar-refractivity contribution is -0.111. The number of ether oxygens (including phenoxy) is 2. The summed E-state index contributed by atoms with van der Waals surface area (Å²) < 4.78 is 11.4. The number of amidine groups is 2. The Morgan fingerprint density at radius 2 is 1.94 bits per heavy atom. The molecule has 2 bridgehead atoms. The summed E-state index contributed by atoms with van der Waals surface area (Å²) in [6, 6.07) is 9.68. The number of anilines is 1. The number of nitrogens with one attached hydrogen (secondary N) is 2. The summed E-state index contributed by atoms with van der Waals surface area (Å²) in [4.78, 5) is 27.8. The van der Waals surface area contributed by atoms with Crippen LogP contribution in [0.1, 0.15) is 45.6 Å². The van der Waals surface area contributed by atoms with E-state index < -0.39 is 0 Å². The van der Waals surface area contributed by atoms with Crippen LogP contribution >= 0.6 is 0 Å². The molecule has 4 saturated heterocycles. The minimum atomic E-state index is -0.197. The van der Waals surface area contributed by atoms with Crippen LogP contribution in [0.3, 0.4) is 0 Å². The molecule has 0 radical (unpaired) electrons. The van der Waals surface area contributed by atoms with Gasteiger partial charge in [0.2, 0.25) is 0 Å². The van der Waals surface area contributed by atoms with Crippen LogP contribution in [0, 0.1) is 5.41 Å². The topological polar surface area (TPSA) is 90.8 Å². The zero-order valence-corrected chi connectivity index (χ0v) is 21.6. The van der Waals surface area contributed by atoms with Gasteiger partial charge in [0.1, 0.15) is 5.84 Å². The molecule has 5 aliphatic heterocycles. The molecule has 9 heteroatoms. The Bertz CT molecular complexity index is 1050. The lowest BCUT2D eigenvalue weighted by Crippen LogP contribution is -2.69. The number of nitrogens with zero attached hydrogens (tertiary/aromatic N) is 4. The normalized spacial score (nSPS) is 34.4. The molecule has 5 atom stereocenters. The second-order valence-electron chi connectivity index (χ2n) is 11.0. The van der Waals surface area contributed by atoms with Crippen molar-refractivity contribution in [2.45, 2.75) is 70.2 Å². The first-order valence-corrected chi connectivity index (χ1v) is 13.5. The van der Waals surface area contributed by atoms with Gasteiger partial charge in [0.25, 0.3) is 0 Å². The van der Waals surface area contributed by atoms with Crippen molar-refractivity contribution in [1.82, 2.24) is 15.1 Å². The van der Waals surface area contributed by atoms with Gasteiger partial charge in [-0.15, -0.1) is 0 Å². The van der Waals surface area contributed by atoms with Gasteiger partial charge in [-0.1, -0.05) is 0 Å². The first kappa shape index (κ1) is 23.9. The van der Waals surface area contributed by atoms with Gasteiger partial charge in [-0.2, -0.15) is 0 Å². The first-order chi connectivity index (χ1) is 17.5. The van der Waals surface area contributed by atoms with Crippen LogP contribution in [0.2, 0.25) is 0 Å². The Kier molecular flexibility index (Phi) is 6.25. The number of piperidine rings is 1. The van der Waals surface area contributed by atoms with Gasteiger partial charge >= 0.3 is 6.03 Å². The smallest absolute Gasteiger partial charge is 0.319 e. The van der Waals surface area contributed by atoms with Crippen molar-refractivity contribution in [1.29, 1.82) is 0 Å². The molecule has 0 aliphatic carbocycles. The number of rotatable bonds is 4. The van der Waals surface area contributed by atoms with Crippen molar-refractivity contribution in [3.63, 3.8) is 0 Å². The molecule has 36 heavy (non-hydrogen) atoms. The summed E-state index contributed by atoms with van der Waals surface area (Å²) in [6.07, 6.45) is 3.47. The van der Waals surface area contributed by atoms with E-state index in [9.17, 15) is 4.79 Å². The van der Waals surface area contributed by atoms with Gasteiger partial charge in [-0.3, -0.25) is 9.89 Å². The number of carbonyl (C=O) groups excluding carboxylic acids is 1. The van der Waals surface area contributed by atoms with Gasteiger partial charge < -0.3 is 25.0 Å². The van der Waals surface area contributed by atoms with Crippen molar-refractivity contribution < 1.29 is 14.3 Å². The summed E-state index contributed by atoms with van der Waals surface area (Å²) in [5, 5.41) is 5.64. The maximum Gasteiger partial charge on any atom is 0.319 e. The average Bonchev–Trinajstić information content (AvgIpc) is 3.16. The molecule has 4 unspecified atom stereocenters. The van der Waals surface area contributed by atoms with Gasteiger partial charge in [0.15, 0.2) is 5.84 Å². The summed E-state index contributed by atoms with van der Waals surface area (Å²) in [5.74, 6) is 1.98. The maximum atomic E-state index is 11.9. The van der Waals surface area contributed by atoms with Crippen LogP contribution in [-0.2, 0) is 9.47 Å². The van der Waals surface area contributed by atoms with Crippen LogP contribution in [0.5, 0.6) is 0 Å². The van der Waals surface area contributed by atoms with E-state index in [1.807, 2.05) is 31.2 Å². The van der Waals surface area contributed by atoms with Crippen molar-refractivity contribution in [3.05, 3.63) is 29.8 Å². The Morgan fingerprint density at radius 1 is 1.14 bits per heavy atom. The predicted octanol–water partition coefficient (Wildman–Crippen LogP) is 2.72. The third-order valence-electron chi connectivity index (χ3n) is 8.83. The van der Waals surface area contributed by atoms with E-state index in [1.54, 1.807) is 0 Å². The van der Waals surface area contributed by atoms with Crippen LogP contribution < -0.4 is 10.6 Å². The van der Waals surface area contributed by atoms with Gasteiger partial charge in [-0.25, -0.2) is 9.79 Å². The van der Waals surface area contributed by atoms with E-state index >= 15 is 0 Å². The maximum absolute atomic E-state index is 11.9. The summed E-state index contributed by atoms with van der Waals surface area (Å²) in [6.45, 7) is 11.1. The van der Waals surface area contributed by atoms with Crippen molar-refractivity contribution in [2.24, 2.45) is 15.4 Å². The molecule has 5 aliphatic rings. The van der Waals surface area contributed by atoms with Gasteiger partial charge in [-0.05, 0) is 64.3 Å². The third-order valence-corrected chi connectivity index (χ3v) is 8.83. The molecule has 0 aromatic heterocycles. The molecule has 2 amide bonds. The number of morpholine rings is 1. The van der Waals surface area contributed by atoms with Crippen LogP contribution in [0.4, 0.5) is 10.5 Å². The largest absolute Gasteiger partial charge is 0.378 e. The quantitative estimate of drug-likeness (QED) is 0.672. The summed E-state index contributed by atoms with van der Waals surface area (Å²) >= 11 is 0. The molecule has 1 aromatic rings. The Hall–Kier alpha value is -2.49. The van der Waals surface area contributed by atoms with E-state index in [0.29, 0.717) is 24.7 Å². The number of hydrogen-bond acceptors (Lipinski definition) is 7. The minimum Gasteiger partial charge on any atom is -0.378 e. The van der Waals surface area contributed by atoms with Crippen LogP contribution in [-0.4, -0.2) is 97.2 Å². The molecule has 5 heterocycles. The lowest BCUT2D eigenvalue weighted by atomic mass is 9.68. The standard InChI is InChI=1S/C27H38N6O3/c1-4-28-26(34)29-19-7-5-18(6-8-19)24-30-22-13-20-9-10-23(33(20)21-15-36-16-21)27(22,3)25(31-24)32-11-12-35-14-17(32)2/h5-8,17,20-23H,4,9-16H2,1-3H3,(H2,28,29,34)/t17-,20?,22?,23?,27?/m0/s1. The molecule has 0 saturated carbocycles. The van der Waals surface area contributed by atoms with E-state index in [4.69, 9.17) is 19.5 Å². The molecule has 194 valence electrons. The average molecular weight is 495 g/mol. The molecule has 1 aromatic carbocycles. The fraction of sp³-hybridized carbons (Fsp3) is 0.667. The van der Waals surface area contributed by atoms with E-state index in [0.717, 1.165) is 56.5 Å². The van der Waals surface area contributed by atoms with Gasteiger partial charge in [0, 0.05) is 36.4 Å². The van der Waals surface area contributed by atoms with Crippen molar-refractivity contribution in [2.75, 3.05) is 44.8 Å². The van der Waals surface area contributed by atoms with Crippen molar-refractivity contribution in [3.8, 4) is 0 Å². The minimum absolute atomic E-state index is 0.141. The second kappa shape index (κ2) is 9.43. The molecule has 6 rings (SSSR count). The third kappa shape index (κ3) is 3.92. The Morgan fingerprint density at radius 3 is 2.64 bits per heavy atom. The van der Waals surface area contributed by atoms with Gasteiger partial charge in [0.05, 0.1) is 50.0 Å². The molecule has 0 spiro atoms. The fourth-order valence-electron chi connectivity index (χ4n) is 6.90. The highest BCUT2D eigenvalue weighted by Gasteiger charge is 2.61. The number of fused-ring (bicyclic) bond motifs is 4. The molecule has 4 fully saturated rings. The summed E-state index contributed by atoms with van der Waals surface area (Å²) in [7, 11) is 0. The highest BCUT2D eigenvalue weighted by Crippen LogP contribution is 2.52. The molecular weight excluding hydrogens is 456 g/mol. The number of amides is 2. The van der Waals surface area contributed by atoms with E-state index in [1.165, 1.54) is 18.7 Å². The summed E-state index contributed by atoms with van der Waals surface area (Å²) in [5.41, 5.74) is 1.60. The number of benzene rings is 1. The van der Waals surface area contributed by atoms with Crippen LogP contribution in [0.25, 0.3) is 0 Å². The zero-order chi connectivity index (χ0) is 24.9. The van der Waals surface area contributed by atoms with E-state index in [-0.39, 0.29) is 23.5 Å². The van der Waals surface area contributed by atoms with Crippen molar-refractivity contribution >= 4 is 23.4 Å². The fourth-order valence-corrected chi connectivity index (χ4v) is 6.90. The Balaban J connectivity index is 1.35. The monoisotopic (exact) mass is 494 g/mol. The molecular formula is C27H38N6O3. The number of hydrogen-bond donors (Lipinski definition) is 2. The SMILES string of the molecule is CCNC(=O)Nc1ccc(C2=NC3CC4CCC(N4C4COC4)C3(C)C(N3CCOC[C@@H]3C)=N2)cc1. The number of aliphatic imine (C=N–C) groups is 2. The molecule has 9 nitrogen and oxygen atoms in total.